The first kappa shape index (κ1) is 24.3. The van der Waals surface area contributed by atoms with Crippen LogP contribution >= 0.6 is 0 Å². The van der Waals surface area contributed by atoms with Crippen molar-refractivity contribution in [3.63, 3.8) is 0 Å². The van der Waals surface area contributed by atoms with E-state index in [1.807, 2.05) is 18.2 Å². The van der Waals surface area contributed by atoms with Crippen LogP contribution < -0.4 is 0 Å². The van der Waals surface area contributed by atoms with Crippen molar-refractivity contribution in [3.8, 4) is 0 Å². The maximum atomic E-state index is 12.2. The summed E-state index contributed by atoms with van der Waals surface area (Å²) in [6.45, 7) is 4.01. The fraction of sp³-hybridized carbons (Fsp3) is 0.696. The molecule has 0 radical (unpaired) electrons. The Morgan fingerprint density at radius 1 is 1.21 bits per heavy atom. The Labute approximate surface area is 169 Å². The van der Waals surface area contributed by atoms with Gasteiger partial charge in [-0.1, -0.05) is 44.1 Å². The highest BCUT2D eigenvalue weighted by atomic mass is 16.5. The van der Waals surface area contributed by atoms with Crippen molar-refractivity contribution in [1.29, 1.82) is 0 Å². The van der Waals surface area contributed by atoms with Crippen LogP contribution in [0.1, 0.15) is 78.1 Å². The van der Waals surface area contributed by atoms with Crippen molar-refractivity contribution in [2.24, 2.45) is 11.8 Å². The number of esters is 1. The topological polar surface area (TPSA) is 80.7 Å². The molecule has 1 saturated carbocycles. The first-order valence-electron chi connectivity index (χ1n) is 10.7. The molecule has 1 unspecified atom stereocenters. The van der Waals surface area contributed by atoms with Gasteiger partial charge in [0.2, 0.25) is 5.78 Å². The molecule has 0 bridgehead atoms. The van der Waals surface area contributed by atoms with E-state index >= 15 is 0 Å². The van der Waals surface area contributed by atoms with Crippen LogP contribution in [-0.4, -0.2) is 35.4 Å². The molecule has 0 heterocycles. The molecule has 5 heteroatoms. The summed E-state index contributed by atoms with van der Waals surface area (Å²) >= 11 is 0. The summed E-state index contributed by atoms with van der Waals surface area (Å²) in [6, 6.07) is 0. The Balaban J connectivity index is 2.32. The summed E-state index contributed by atoms with van der Waals surface area (Å²) < 4.78 is 4.67. The van der Waals surface area contributed by atoms with Crippen LogP contribution in [-0.2, 0) is 19.1 Å². The second kappa shape index (κ2) is 14.3. The zero-order valence-corrected chi connectivity index (χ0v) is 17.4. The third-order valence-corrected chi connectivity index (χ3v) is 5.17. The fourth-order valence-corrected chi connectivity index (χ4v) is 3.49. The van der Waals surface area contributed by atoms with Crippen molar-refractivity contribution >= 4 is 17.5 Å². The Morgan fingerprint density at radius 2 is 2.00 bits per heavy atom. The van der Waals surface area contributed by atoms with E-state index < -0.39 is 11.8 Å². The van der Waals surface area contributed by atoms with Gasteiger partial charge in [-0.15, -0.1) is 0 Å². The maximum absolute atomic E-state index is 12.2. The summed E-state index contributed by atoms with van der Waals surface area (Å²) in [5.41, 5.74) is 0. The molecule has 1 rings (SSSR count). The lowest BCUT2D eigenvalue weighted by molar-refractivity contribution is -0.153. The molecule has 3 atom stereocenters. The van der Waals surface area contributed by atoms with Gasteiger partial charge in [0.15, 0.2) is 0 Å². The van der Waals surface area contributed by atoms with Crippen molar-refractivity contribution in [2.75, 3.05) is 6.61 Å². The zero-order chi connectivity index (χ0) is 20.8. The third kappa shape index (κ3) is 9.45. The van der Waals surface area contributed by atoms with E-state index in [9.17, 15) is 19.5 Å². The van der Waals surface area contributed by atoms with Crippen LogP contribution in [0.2, 0.25) is 0 Å². The molecule has 0 aromatic carbocycles. The second-order valence-corrected chi connectivity index (χ2v) is 7.48. The van der Waals surface area contributed by atoms with Gasteiger partial charge in [0.25, 0.3) is 0 Å². The average molecular weight is 393 g/mol. The molecule has 0 aliphatic heterocycles. The van der Waals surface area contributed by atoms with Crippen LogP contribution in [0.4, 0.5) is 0 Å². The molecular weight excluding hydrogens is 356 g/mol. The summed E-state index contributed by atoms with van der Waals surface area (Å²) in [5.74, 6) is -0.657. The molecule has 0 amide bonds. The van der Waals surface area contributed by atoms with Gasteiger partial charge in [-0.25, -0.2) is 4.79 Å². The highest BCUT2D eigenvalue weighted by molar-refractivity contribution is 6.33. The van der Waals surface area contributed by atoms with Gasteiger partial charge in [-0.2, -0.15) is 0 Å². The molecular formula is C23H36O5. The summed E-state index contributed by atoms with van der Waals surface area (Å²) in [6.07, 6.45) is 15.2. The van der Waals surface area contributed by atoms with Crippen molar-refractivity contribution in [3.05, 3.63) is 24.3 Å². The van der Waals surface area contributed by atoms with E-state index in [0.29, 0.717) is 37.9 Å². The van der Waals surface area contributed by atoms with Gasteiger partial charge in [0.05, 0.1) is 12.7 Å². The number of carbonyl (C=O) groups excluding carboxylic acids is 3. The third-order valence-electron chi connectivity index (χ3n) is 5.17. The minimum atomic E-state index is -0.752. The molecule has 0 spiro atoms. The van der Waals surface area contributed by atoms with Crippen molar-refractivity contribution in [2.45, 2.75) is 84.2 Å². The number of aliphatic hydroxyl groups is 1. The number of ether oxygens (including phenoxy) is 1. The van der Waals surface area contributed by atoms with Gasteiger partial charge in [-0.05, 0) is 51.4 Å². The molecule has 1 aliphatic rings. The molecule has 0 saturated heterocycles. The first-order valence-corrected chi connectivity index (χ1v) is 10.7. The molecule has 28 heavy (non-hydrogen) atoms. The van der Waals surface area contributed by atoms with Gasteiger partial charge >= 0.3 is 5.97 Å². The van der Waals surface area contributed by atoms with Gasteiger partial charge in [0, 0.05) is 18.8 Å². The van der Waals surface area contributed by atoms with Gasteiger partial charge < -0.3 is 9.84 Å². The Kier molecular flexibility index (Phi) is 12.4. The number of allylic oxidation sites excluding steroid dienone is 3. The van der Waals surface area contributed by atoms with Crippen LogP contribution in [0.15, 0.2) is 24.3 Å². The number of hydrogen-bond acceptors (Lipinski definition) is 5. The number of carbonyl (C=O) groups is 3. The van der Waals surface area contributed by atoms with Gasteiger partial charge in [0.1, 0.15) is 5.78 Å². The molecule has 158 valence electrons. The predicted octanol–water partition coefficient (Wildman–Crippen LogP) is 4.33. The van der Waals surface area contributed by atoms with E-state index in [1.165, 1.54) is 0 Å². The average Bonchev–Trinajstić information content (AvgIpc) is 3.02. The Bertz CT molecular complexity index is 549. The molecule has 1 N–H and O–H groups in total. The highest BCUT2D eigenvalue weighted by Crippen LogP contribution is 2.33. The first-order chi connectivity index (χ1) is 13.5. The van der Waals surface area contributed by atoms with E-state index in [-0.39, 0.29) is 31.0 Å². The van der Waals surface area contributed by atoms with Crippen LogP contribution in [0, 0.1) is 11.8 Å². The minimum absolute atomic E-state index is 0.0152. The van der Waals surface area contributed by atoms with E-state index in [0.717, 1.165) is 25.7 Å². The number of Topliss-reactive ketones (excluding diaryl/α,β-unsaturated/α-hetero) is 2. The molecule has 0 aromatic rings. The summed E-state index contributed by atoms with van der Waals surface area (Å²) in [4.78, 5) is 34.9. The fourth-order valence-electron chi connectivity index (χ4n) is 3.49. The lowest BCUT2D eigenvalue weighted by Gasteiger charge is -2.13. The molecule has 0 aromatic heterocycles. The van der Waals surface area contributed by atoms with Crippen LogP contribution in [0.3, 0.4) is 0 Å². The standard InChI is InChI=1S/C23H36O5/c1-3-5-12-19(24)13-10-11-18-16-17-21(25)20(18)14-8-6-7-9-15-22(26)23(27)28-4-2/h6,8,10-11,18-20,24H,3-5,7,9,12-17H2,1-2H3/t18-,19?,20+/m0/s1. The number of ketones is 2. The molecule has 1 fully saturated rings. The zero-order valence-electron chi connectivity index (χ0n) is 17.4. The largest absolute Gasteiger partial charge is 0.460 e. The second-order valence-electron chi connectivity index (χ2n) is 7.48. The highest BCUT2D eigenvalue weighted by Gasteiger charge is 2.31. The number of rotatable bonds is 14. The van der Waals surface area contributed by atoms with E-state index in [4.69, 9.17) is 0 Å². The predicted molar refractivity (Wildman–Crippen MR) is 110 cm³/mol. The van der Waals surface area contributed by atoms with Crippen molar-refractivity contribution < 1.29 is 24.2 Å². The smallest absolute Gasteiger partial charge is 0.374 e. The molecule has 1 aliphatic carbocycles. The Morgan fingerprint density at radius 3 is 2.71 bits per heavy atom. The molecule has 5 nitrogen and oxygen atoms in total. The normalized spacial score (nSPS) is 20.9. The number of aliphatic hydroxyl groups excluding tert-OH is 1. The maximum Gasteiger partial charge on any atom is 0.374 e. The SMILES string of the molecule is CCCCC(O)CC=C[C@H]1CCC(=O)[C@@H]1CC=CCCCC(=O)C(=O)OCC. The monoisotopic (exact) mass is 392 g/mol. The van der Waals surface area contributed by atoms with Crippen LogP contribution in [0.5, 0.6) is 0 Å². The van der Waals surface area contributed by atoms with Crippen molar-refractivity contribution in [1.82, 2.24) is 0 Å². The van der Waals surface area contributed by atoms with Crippen LogP contribution in [0.25, 0.3) is 0 Å². The number of hydrogen-bond donors (Lipinski definition) is 1. The number of unbranched alkanes of at least 4 members (excludes halogenated alkanes) is 2. The summed E-state index contributed by atoms with van der Waals surface area (Å²) in [5, 5.41) is 9.92. The van der Waals surface area contributed by atoms with E-state index in [1.54, 1.807) is 6.92 Å². The lowest BCUT2D eigenvalue weighted by atomic mass is 9.91. The minimum Gasteiger partial charge on any atom is -0.460 e. The lowest BCUT2D eigenvalue weighted by Crippen LogP contribution is -2.16. The summed E-state index contributed by atoms with van der Waals surface area (Å²) in [7, 11) is 0. The van der Waals surface area contributed by atoms with E-state index in [2.05, 4.69) is 17.7 Å². The quantitative estimate of drug-likeness (QED) is 0.206. The Hall–Kier alpha value is -1.75. The van der Waals surface area contributed by atoms with Gasteiger partial charge in [-0.3, -0.25) is 9.59 Å².